The summed E-state index contributed by atoms with van der Waals surface area (Å²) in [6, 6.07) is 13.4. The molecule has 0 amide bonds. The van der Waals surface area contributed by atoms with Gasteiger partial charge in [0.05, 0.1) is 11.6 Å². The van der Waals surface area contributed by atoms with Gasteiger partial charge in [-0.05, 0) is 35.4 Å². The molecule has 26 heavy (non-hydrogen) atoms. The van der Waals surface area contributed by atoms with E-state index in [4.69, 9.17) is 11.2 Å². The van der Waals surface area contributed by atoms with Crippen LogP contribution >= 0.6 is 0 Å². The summed E-state index contributed by atoms with van der Waals surface area (Å²) in [6.45, 7) is 0.810. The van der Waals surface area contributed by atoms with E-state index < -0.39 is 6.10 Å². The van der Waals surface area contributed by atoms with Crippen LogP contribution in [0.3, 0.4) is 0 Å². The number of terminal acetylenes is 1. The van der Waals surface area contributed by atoms with E-state index in [9.17, 15) is 15.0 Å². The fraction of sp³-hybridized carbons (Fsp3) is 0.150. The Morgan fingerprint density at radius 3 is 2.88 bits per heavy atom. The maximum Gasteiger partial charge on any atom is 0.248 e. The third kappa shape index (κ3) is 3.86. The largest absolute Gasteiger partial charge is 0.506 e. The van der Waals surface area contributed by atoms with Crippen molar-refractivity contribution in [2.45, 2.75) is 12.6 Å². The minimum absolute atomic E-state index is 0.0352. The number of nitrogens with one attached hydrogen (secondary N) is 2. The van der Waals surface area contributed by atoms with Gasteiger partial charge in [0.25, 0.3) is 0 Å². The first-order valence-corrected chi connectivity index (χ1v) is 8.03. The molecule has 0 saturated carbocycles. The van der Waals surface area contributed by atoms with E-state index >= 15 is 0 Å². The molecule has 1 aromatic heterocycles. The fourth-order valence-electron chi connectivity index (χ4n) is 2.80. The van der Waals surface area contributed by atoms with Gasteiger partial charge in [-0.2, -0.15) is 0 Å². The molecule has 6 heteroatoms. The minimum atomic E-state index is -0.811. The summed E-state index contributed by atoms with van der Waals surface area (Å²) < 4.78 is 5.01. The number of phenols is 1. The van der Waals surface area contributed by atoms with Crippen molar-refractivity contribution in [1.82, 2.24) is 10.3 Å². The van der Waals surface area contributed by atoms with E-state index in [0.717, 1.165) is 5.56 Å². The predicted octanol–water partition coefficient (Wildman–Crippen LogP) is 2.03. The van der Waals surface area contributed by atoms with Crippen LogP contribution in [0, 0.1) is 12.5 Å². The topological polar surface area (TPSA) is 94.6 Å². The smallest absolute Gasteiger partial charge is 0.248 e. The summed E-state index contributed by atoms with van der Waals surface area (Å²) in [7, 11) is 0. The van der Waals surface area contributed by atoms with Gasteiger partial charge in [0.2, 0.25) is 5.56 Å². The van der Waals surface area contributed by atoms with Crippen LogP contribution in [0.2, 0.25) is 0 Å². The quantitative estimate of drug-likeness (QED) is 0.510. The summed E-state index contributed by atoms with van der Waals surface area (Å²) in [4.78, 5) is 14.0. The Bertz CT molecular complexity index is 1020. The minimum Gasteiger partial charge on any atom is -0.506 e. The zero-order chi connectivity index (χ0) is 18.5. The Morgan fingerprint density at radius 2 is 2.08 bits per heavy atom. The van der Waals surface area contributed by atoms with Crippen LogP contribution in [-0.4, -0.2) is 21.7 Å². The molecule has 0 unspecified atom stereocenters. The zero-order valence-corrected chi connectivity index (χ0v) is 13.9. The van der Waals surface area contributed by atoms with Crippen LogP contribution in [0.5, 0.6) is 11.5 Å². The molecular formula is C20H18N2O4. The molecule has 1 atom stereocenters. The van der Waals surface area contributed by atoms with Gasteiger partial charge in [-0.15, -0.1) is 0 Å². The molecule has 0 spiro atoms. The van der Waals surface area contributed by atoms with Gasteiger partial charge in [0.15, 0.2) is 0 Å². The van der Waals surface area contributed by atoms with Gasteiger partial charge in [0, 0.05) is 24.5 Å². The summed E-state index contributed by atoms with van der Waals surface area (Å²) in [5.41, 5.74) is 1.58. The molecule has 0 bridgehead atoms. The third-order valence-corrected chi connectivity index (χ3v) is 4.01. The van der Waals surface area contributed by atoms with Crippen molar-refractivity contribution in [2.24, 2.45) is 0 Å². The van der Waals surface area contributed by atoms with E-state index in [2.05, 4.69) is 16.4 Å². The number of aromatic nitrogens is 1. The number of pyridine rings is 1. The van der Waals surface area contributed by atoms with E-state index in [1.54, 1.807) is 18.2 Å². The second kappa shape index (κ2) is 7.74. The number of aromatic hydroxyl groups is 1. The summed E-state index contributed by atoms with van der Waals surface area (Å²) >= 11 is 0. The van der Waals surface area contributed by atoms with Crippen molar-refractivity contribution in [3.05, 3.63) is 70.0 Å². The fourth-order valence-corrected chi connectivity index (χ4v) is 2.80. The van der Waals surface area contributed by atoms with Gasteiger partial charge < -0.3 is 25.3 Å². The standard InChI is InChI=1S/C20H18N2O4/c1-2-26-14-5-3-4-13(10-14)11-21-12-18(24)15-6-8-17(23)20-16(15)7-9-19(25)22-20/h1,3-10,18,21,23-24H,11-12H2,(H,22,25)/t18-/m0/s1. The summed E-state index contributed by atoms with van der Waals surface area (Å²) in [5.74, 6) is 0.549. The molecule has 0 fully saturated rings. The molecule has 1 heterocycles. The van der Waals surface area contributed by atoms with Crippen LogP contribution in [0.1, 0.15) is 17.2 Å². The van der Waals surface area contributed by atoms with Gasteiger partial charge in [-0.25, -0.2) is 0 Å². The van der Waals surface area contributed by atoms with Crippen molar-refractivity contribution in [1.29, 1.82) is 0 Å². The van der Waals surface area contributed by atoms with Gasteiger partial charge >= 0.3 is 0 Å². The molecule has 3 rings (SSSR count). The Morgan fingerprint density at radius 1 is 1.23 bits per heavy atom. The summed E-state index contributed by atoms with van der Waals surface area (Å²) in [5, 5.41) is 24.2. The van der Waals surface area contributed by atoms with Crippen LogP contribution < -0.4 is 15.6 Å². The molecule has 4 N–H and O–H groups in total. The average molecular weight is 350 g/mol. The molecule has 0 saturated heterocycles. The van der Waals surface area contributed by atoms with E-state index in [0.29, 0.717) is 35.3 Å². The number of phenolic OH excluding ortho intramolecular Hbond substituents is 1. The van der Waals surface area contributed by atoms with Crippen LogP contribution in [0.4, 0.5) is 0 Å². The highest BCUT2D eigenvalue weighted by Crippen LogP contribution is 2.28. The number of aliphatic hydroxyl groups excluding tert-OH is 1. The van der Waals surface area contributed by atoms with Crippen LogP contribution in [0.25, 0.3) is 10.9 Å². The van der Waals surface area contributed by atoms with Crippen molar-refractivity contribution in [3.63, 3.8) is 0 Å². The highest BCUT2D eigenvalue weighted by atomic mass is 16.5. The SMILES string of the molecule is C#COc1cccc(CNC[C@H](O)c2ccc(O)c3[nH]c(=O)ccc23)c1. The lowest BCUT2D eigenvalue weighted by Crippen LogP contribution is -2.21. The lowest BCUT2D eigenvalue weighted by molar-refractivity contribution is 0.176. The first-order chi connectivity index (χ1) is 12.6. The molecular weight excluding hydrogens is 332 g/mol. The molecule has 0 aliphatic heterocycles. The second-order valence-corrected chi connectivity index (χ2v) is 5.80. The first-order valence-electron chi connectivity index (χ1n) is 8.03. The van der Waals surface area contributed by atoms with Crippen molar-refractivity contribution >= 4 is 10.9 Å². The number of rotatable bonds is 6. The molecule has 2 aromatic carbocycles. The number of ether oxygens (including phenoxy) is 1. The van der Waals surface area contributed by atoms with Crippen LogP contribution in [0.15, 0.2) is 53.3 Å². The Balaban J connectivity index is 1.71. The van der Waals surface area contributed by atoms with Crippen molar-refractivity contribution < 1.29 is 14.9 Å². The normalized spacial score (nSPS) is 11.8. The van der Waals surface area contributed by atoms with Crippen molar-refractivity contribution in [2.75, 3.05) is 6.54 Å². The maximum absolute atomic E-state index is 11.5. The molecule has 0 radical (unpaired) electrons. The number of hydrogen-bond acceptors (Lipinski definition) is 5. The maximum atomic E-state index is 11.5. The Hall–Kier alpha value is -3.27. The Labute approximate surface area is 150 Å². The number of H-pyrrole nitrogens is 1. The first kappa shape index (κ1) is 17.5. The van der Waals surface area contributed by atoms with Gasteiger partial charge in [-0.3, -0.25) is 4.79 Å². The summed E-state index contributed by atoms with van der Waals surface area (Å²) in [6.07, 6.45) is 6.43. The van der Waals surface area contributed by atoms with Gasteiger partial charge in [0.1, 0.15) is 17.6 Å². The third-order valence-electron chi connectivity index (χ3n) is 4.01. The number of fused-ring (bicyclic) bond motifs is 1. The number of hydrogen-bond donors (Lipinski definition) is 4. The van der Waals surface area contributed by atoms with Crippen molar-refractivity contribution in [3.8, 4) is 24.0 Å². The highest BCUT2D eigenvalue weighted by Gasteiger charge is 2.13. The van der Waals surface area contributed by atoms with Crippen LogP contribution in [-0.2, 0) is 6.54 Å². The molecule has 6 nitrogen and oxygen atoms in total. The number of aliphatic hydroxyl groups is 1. The molecule has 132 valence electrons. The Kier molecular flexibility index (Phi) is 5.23. The van der Waals surface area contributed by atoms with Gasteiger partial charge in [-0.1, -0.05) is 24.6 Å². The number of aromatic amines is 1. The molecule has 3 aromatic rings. The number of benzene rings is 2. The molecule has 0 aliphatic carbocycles. The lowest BCUT2D eigenvalue weighted by Gasteiger charge is -2.15. The monoisotopic (exact) mass is 350 g/mol. The second-order valence-electron chi connectivity index (χ2n) is 5.80. The highest BCUT2D eigenvalue weighted by molar-refractivity contribution is 5.87. The zero-order valence-electron chi connectivity index (χ0n) is 13.9. The molecule has 0 aliphatic rings. The van der Waals surface area contributed by atoms with E-state index in [1.807, 2.05) is 18.2 Å². The predicted molar refractivity (Wildman–Crippen MR) is 98.8 cm³/mol. The lowest BCUT2D eigenvalue weighted by atomic mass is 10.0. The average Bonchev–Trinajstić information content (AvgIpc) is 2.63. The van der Waals surface area contributed by atoms with E-state index in [1.165, 1.54) is 12.1 Å². The van der Waals surface area contributed by atoms with E-state index in [-0.39, 0.29) is 11.3 Å².